The van der Waals surface area contributed by atoms with Crippen LogP contribution >= 0.6 is 0 Å². The lowest BCUT2D eigenvalue weighted by Crippen LogP contribution is -2.45. The molecule has 4 unspecified atom stereocenters. The summed E-state index contributed by atoms with van der Waals surface area (Å²) in [4.78, 5) is 13.4. The largest absolute Gasteiger partial charge is 0.497 e. The molecule has 9 nitrogen and oxygen atoms in total. The highest BCUT2D eigenvalue weighted by Gasteiger charge is 2.65. The Morgan fingerprint density at radius 1 is 1.00 bits per heavy atom. The average Bonchev–Trinajstić information content (AvgIpc) is 3.43. The van der Waals surface area contributed by atoms with Crippen LogP contribution in [0, 0.1) is 5.92 Å². The zero-order valence-electron chi connectivity index (χ0n) is 20.2. The van der Waals surface area contributed by atoms with Crippen molar-refractivity contribution in [3.8, 4) is 23.0 Å². The summed E-state index contributed by atoms with van der Waals surface area (Å²) in [5, 5.41) is 19.5. The molecule has 4 atom stereocenters. The Labute approximate surface area is 208 Å². The van der Waals surface area contributed by atoms with E-state index in [0.29, 0.717) is 29.4 Å². The van der Waals surface area contributed by atoms with Gasteiger partial charge in [0.15, 0.2) is 0 Å². The molecular weight excluding hydrogens is 464 g/mol. The minimum absolute atomic E-state index is 0.121. The molecule has 3 aromatic carbocycles. The monoisotopic (exact) mass is 492 g/mol. The van der Waals surface area contributed by atoms with Crippen molar-refractivity contribution in [2.45, 2.75) is 23.9 Å². The van der Waals surface area contributed by atoms with Crippen molar-refractivity contribution in [2.75, 3.05) is 21.3 Å². The van der Waals surface area contributed by atoms with E-state index >= 15 is 0 Å². The molecule has 3 aromatic rings. The standard InChI is InChI=1S/C27H28N2O7/c1-33-18-11-9-17(10-12-18)27-21(24-22(35-3)13-19(34-2)14-23(24)36-27)15-20(26(30)29(32)28-31)25(27)16-7-5-4-6-8-16/h4-14,20-21,25,28,31-32H,15H2,1-3H3. The molecule has 3 N–H and O–H groups in total. The lowest BCUT2D eigenvalue weighted by molar-refractivity contribution is -0.223. The third-order valence-corrected chi connectivity index (χ3v) is 7.35. The quantitative estimate of drug-likeness (QED) is 0.335. The van der Waals surface area contributed by atoms with Crippen molar-refractivity contribution in [1.82, 2.24) is 10.8 Å². The number of fused-ring (bicyclic) bond motifs is 3. The van der Waals surface area contributed by atoms with Crippen molar-refractivity contribution < 1.29 is 34.2 Å². The Balaban J connectivity index is 1.78. The normalized spacial score (nSPS) is 23.9. The van der Waals surface area contributed by atoms with Crippen LogP contribution in [0.1, 0.15) is 34.9 Å². The molecule has 0 radical (unpaired) electrons. The van der Waals surface area contributed by atoms with Crippen LogP contribution in [-0.4, -0.2) is 42.8 Å². The van der Waals surface area contributed by atoms with Gasteiger partial charge in [-0.05, 0) is 29.7 Å². The zero-order valence-corrected chi connectivity index (χ0v) is 20.2. The molecule has 1 aliphatic carbocycles. The summed E-state index contributed by atoms with van der Waals surface area (Å²) < 4.78 is 23.5. The maximum absolute atomic E-state index is 13.4. The molecule has 1 amide bonds. The summed E-state index contributed by atoms with van der Waals surface area (Å²) >= 11 is 0. The Hall–Kier alpha value is -3.79. The molecule has 0 spiro atoms. The van der Waals surface area contributed by atoms with Crippen molar-refractivity contribution in [1.29, 1.82) is 0 Å². The maximum Gasteiger partial charge on any atom is 0.267 e. The van der Waals surface area contributed by atoms with Crippen LogP contribution in [0.3, 0.4) is 0 Å². The highest BCUT2D eigenvalue weighted by Crippen LogP contribution is 2.68. The van der Waals surface area contributed by atoms with Crippen molar-refractivity contribution in [3.63, 3.8) is 0 Å². The molecule has 1 fully saturated rings. The van der Waals surface area contributed by atoms with E-state index in [0.717, 1.165) is 16.7 Å². The Bertz CT molecular complexity index is 1250. The highest BCUT2D eigenvalue weighted by atomic mass is 16.7. The van der Waals surface area contributed by atoms with E-state index in [1.807, 2.05) is 60.7 Å². The van der Waals surface area contributed by atoms with Gasteiger partial charge in [0.2, 0.25) is 0 Å². The molecule has 9 heteroatoms. The van der Waals surface area contributed by atoms with Gasteiger partial charge in [-0.3, -0.25) is 15.2 Å². The fourth-order valence-corrected chi connectivity index (χ4v) is 5.90. The second-order valence-electron chi connectivity index (χ2n) is 8.90. The number of carbonyl (C=O) groups is 1. The summed E-state index contributed by atoms with van der Waals surface area (Å²) in [5.41, 5.74) is 3.05. The van der Waals surface area contributed by atoms with Gasteiger partial charge in [0.05, 0.1) is 27.2 Å². The fraction of sp³-hybridized carbons (Fsp3) is 0.296. The number of methoxy groups -OCH3 is 3. The second-order valence-corrected chi connectivity index (χ2v) is 8.90. The maximum atomic E-state index is 13.4. The van der Waals surface area contributed by atoms with Gasteiger partial charge >= 0.3 is 0 Å². The topological polar surface area (TPSA) is 110 Å². The van der Waals surface area contributed by atoms with Crippen molar-refractivity contribution in [2.24, 2.45) is 5.92 Å². The Kier molecular flexibility index (Phi) is 6.21. The summed E-state index contributed by atoms with van der Waals surface area (Å²) in [6.45, 7) is 0. The smallest absolute Gasteiger partial charge is 0.267 e. The van der Waals surface area contributed by atoms with Gasteiger partial charge in [0.1, 0.15) is 28.6 Å². The highest BCUT2D eigenvalue weighted by molar-refractivity contribution is 5.80. The number of amides is 1. The van der Waals surface area contributed by atoms with Crippen LogP contribution < -0.4 is 24.5 Å². The number of ether oxygens (including phenoxy) is 4. The van der Waals surface area contributed by atoms with E-state index in [9.17, 15) is 15.2 Å². The number of nitrogens with one attached hydrogen (secondary N) is 1. The van der Waals surface area contributed by atoms with Gasteiger partial charge in [-0.2, -0.15) is 0 Å². The van der Waals surface area contributed by atoms with E-state index in [4.69, 9.17) is 18.9 Å². The Morgan fingerprint density at radius 2 is 1.69 bits per heavy atom. The van der Waals surface area contributed by atoms with Crippen LogP contribution in [0.25, 0.3) is 0 Å². The first-order chi connectivity index (χ1) is 17.5. The molecule has 36 heavy (non-hydrogen) atoms. The van der Waals surface area contributed by atoms with Gasteiger partial charge < -0.3 is 18.9 Å². The molecule has 1 aliphatic heterocycles. The SMILES string of the molecule is COc1ccc(C23Oc4cc(OC)cc(OC)c4C2CC(C(=O)N(O)NO)C3c2ccccc2)cc1. The molecule has 188 valence electrons. The molecule has 0 bridgehead atoms. The summed E-state index contributed by atoms with van der Waals surface area (Å²) in [5.74, 6) is 0.240. The van der Waals surface area contributed by atoms with E-state index in [-0.39, 0.29) is 11.1 Å². The van der Waals surface area contributed by atoms with Crippen LogP contribution in [0.5, 0.6) is 23.0 Å². The van der Waals surface area contributed by atoms with Gasteiger partial charge in [-0.15, -0.1) is 5.17 Å². The number of benzene rings is 3. The number of carbonyl (C=O) groups excluding carboxylic acids is 1. The van der Waals surface area contributed by atoms with E-state index in [1.54, 1.807) is 33.0 Å². The average molecular weight is 493 g/mol. The first kappa shape index (κ1) is 23.9. The zero-order chi connectivity index (χ0) is 25.4. The van der Waals surface area contributed by atoms with Crippen LogP contribution in [0.15, 0.2) is 66.7 Å². The number of hydrogen-bond donors (Lipinski definition) is 3. The van der Waals surface area contributed by atoms with Gasteiger partial charge in [0.25, 0.3) is 5.91 Å². The lowest BCUT2D eigenvalue weighted by Gasteiger charge is -2.37. The van der Waals surface area contributed by atoms with Gasteiger partial charge in [0, 0.05) is 29.5 Å². The molecule has 2 aliphatic rings. The second kappa shape index (κ2) is 9.34. The Morgan fingerprint density at radius 3 is 2.31 bits per heavy atom. The predicted molar refractivity (Wildman–Crippen MR) is 128 cm³/mol. The van der Waals surface area contributed by atoms with E-state index in [2.05, 4.69) is 0 Å². The number of hydroxylamine groups is 1. The van der Waals surface area contributed by atoms with Gasteiger partial charge in [-0.25, -0.2) is 0 Å². The third-order valence-electron chi connectivity index (χ3n) is 7.35. The number of hydrazine groups is 1. The van der Waals surface area contributed by atoms with Crippen LogP contribution in [0.4, 0.5) is 0 Å². The number of hydrogen-bond acceptors (Lipinski definition) is 8. The van der Waals surface area contributed by atoms with E-state index in [1.165, 1.54) is 0 Å². The minimum Gasteiger partial charge on any atom is -0.497 e. The van der Waals surface area contributed by atoms with Gasteiger partial charge in [-0.1, -0.05) is 48.1 Å². The lowest BCUT2D eigenvalue weighted by atomic mass is 9.73. The summed E-state index contributed by atoms with van der Waals surface area (Å²) in [6.07, 6.45) is 0.332. The third kappa shape index (κ3) is 3.55. The molecular formula is C27H28N2O7. The number of nitrogens with zero attached hydrogens (tertiary/aromatic N) is 1. The number of rotatable bonds is 7. The molecule has 0 aromatic heterocycles. The molecule has 1 heterocycles. The predicted octanol–water partition coefficient (Wildman–Crippen LogP) is 4.00. The van der Waals surface area contributed by atoms with Crippen molar-refractivity contribution >= 4 is 5.91 Å². The molecule has 5 rings (SSSR count). The van der Waals surface area contributed by atoms with E-state index < -0.39 is 23.3 Å². The van der Waals surface area contributed by atoms with Crippen LogP contribution in [-0.2, 0) is 10.4 Å². The fourth-order valence-electron chi connectivity index (χ4n) is 5.90. The van der Waals surface area contributed by atoms with Crippen molar-refractivity contribution in [3.05, 3.63) is 83.4 Å². The first-order valence-electron chi connectivity index (χ1n) is 11.6. The minimum atomic E-state index is -1.02. The first-order valence-corrected chi connectivity index (χ1v) is 11.6. The summed E-state index contributed by atoms with van der Waals surface area (Å²) in [7, 11) is 4.76. The molecule has 0 saturated heterocycles. The van der Waals surface area contributed by atoms with Crippen LogP contribution in [0.2, 0.25) is 0 Å². The summed E-state index contributed by atoms with van der Waals surface area (Å²) in [6, 6.07) is 20.8. The molecule has 1 saturated carbocycles.